The van der Waals surface area contributed by atoms with Gasteiger partial charge in [0.1, 0.15) is 17.8 Å². The predicted octanol–water partition coefficient (Wildman–Crippen LogP) is 3.85. The van der Waals surface area contributed by atoms with Crippen LogP contribution >= 0.6 is 11.6 Å². The van der Waals surface area contributed by atoms with Crippen LogP contribution in [0.15, 0.2) is 42.6 Å². The second kappa shape index (κ2) is 11.0. The number of aromatic nitrogens is 1. The maximum Gasteiger partial charge on any atom is 0.344 e. The van der Waals surface area contributed by atoms with Crippen molar-refractivity contribution in [3.05, 3.63) is 57.7 Å². The number of nitrogens with zero attached hydrogens (tertiary/aromatic N) is 2. The highest BCUT2D eigenvalue weighted by atomic mass is 35.5. The van der Waals surface area contributed by atoms with Crippen LogP contribution in [0.5, 0.6) is 5.75 Å². The van der Waals surface area contributed by atoms with Gasteiger partial charge in [0.25, 0.3) is 5.69 Å². The summed E-state index contributed by atoms with van der Waals surface area (Å²) in [7, 11) is 0. The minimum Gasteiger partial charge on any atom is -0.480 e. The van der Waals surface area contributed by atoms with Gasteiger partial charge in [0.15, 0.2) is 6.61 Å². The largest absolute Gasteiger partial charge is 0.480 e. The molecule has 0 aliphatic rings. The van der Waals surface area contributed by atoms with E-state index in [-0.39, 0.29) is 12.3 Å². The van der Waals surface area contributed by atoms with Gasteiger partial charge in [-0.15, -0.1) is 0 Å². The number of unbranched alkanes of at least 4 members (excludes halogenated alkanes) is 2. The SMILES string of the molecule is O=C(COc1ccccc1Cl)OCCCCCNc1ccc([N+](=O)[O-])cn1. The number of carbonyl (C=O) groups excluding carboxylic acids is 1. The van der Waals surface area contributed by atoms with Gasteiger partial charge in [-0.2, -0.15) is 0 Å². The number of pyridine rings is 1. The number of halogens is 1. The molecule has 0 saturated heterocycles. The van der Waals surface area contributed by atoms with Gasteiger partial charge in [0, 0.05) is 12.6 Å². The molecule has 0 unspecified atom stereocenters. The van der Waals surface area contributed by atoms with Crippen molar-refractivity contribution in [2.45, 2.75) is 19.3 Å². The van der Waals surface area contributed by atoms with Crippen LogP contribution in [0.3, 0.4) is 0 Å². The van der Waals surface area contributed by atoms with E-state index in [9.17, 15) is 14.9 Å². The van der Waals surface area contributed by atoms with Crippen LogP contribution in [0.4, 0.5) is 11.5 Å². The fraction of sp³-hybridized carbons (Fsp3) is 0.333. The number of hydrogen-bond acceptors (Lipinski definition) is 7. The fourth-order valence-corrected chi connectivity index (χ4v) is 2.34. The smallest absolute Gasteiger partial charge is 0.344 e. The molecule has 0 radical (unpaired) electrons. The van der Waals surface area contributed by atoms with Gasteiger partial charge in [-0.25, -0.2) is 9.78 Å². The third-order valence-electron chi connectivity index (χ3n) is 3.53. The number of nitrogens with one attached hydrogen (secondary N) is 1. The molecule has 0 amide bonds. The van der Waals surface area contributed by atoms with Crippen molar-refractivity contribution in [3.63, 3.8) is 0 Å². The van der Waals surface area contributed by atoms with Gasteiger partial charge in [0.05, 0.1) is 16.6 Å². The average molecular weight is 394 g/mol. The third-order valence-corrected chi connectivity index (χ3v) is 3.84. The van der Waals surface area contributed by atoms with Crippen molar-refractivity contribution >= 4 is 29.1 Å². The standard InChI is InChI=1S/C18H20ClN3O5/c19-15-6-2-3-7-16(15)27-13-18(23)26-11-5-1-4-10-20-17-9-8-14(12-21-17)22(24)25/h2-3,6-9,12H,1,4-5,10-11,13H2,(H,20,21). The molecule has 0 bridgehead atoms. The molecular formula is C18H20ClN3O5. The maximum absolute atomic E-state index is 11.6. The van der Waals surface area contributed by atoms with Gasteiger partial charge < -0.3 is 14.8 Å². The first-order valence-electron chi connectivity index (χ1n) is 8.43. The van der Waals surface area contributed by atoms with Gasteiger partial charge in [0.2, 0.25) is 0 Å². The Morgan fingerprint density at radius 3 is 2.70 bits per heavy atom. The summed E-state index contributed by atoms with van der Waals surface area (Å²) in [5.41, 5.74) is -0.0409. The van der Waals surface area contributed by atoms with E-state index in [2.05, 4.69) is 10.3 Å². The maximum atomic E-state index is 11.6. The highest BCUT2D eigenvalue weighted by Gasteiger charge is 2.07. The Balaban J connectivity index is 1.51. The third kappa shape index (κ3) is 7.49. The van der Waals surface area contributed by atoms with Crippen molar-refractivity contribution in [2.75, 3.05) is 25.1 Å². The normalized spacial score (nSPS) is 10.3. The van der Waals surface area contributed by atoms with Gasteiger partial charge in [-0.3, -0.25) is 10.1 Å². The van der Waals surface area contributed by atoms with Crippen LogP contribution in [0.1, 0.15) is 19.3 Å². The summed E-state index contributed by atoms with van der Waals surface area (Å²) in [6.07, 6.45) is 3.66. The molecular weight excluding hydrogens is 374 g/mol. The molecule has 0 fully saturated rings. The number of nitro groups is 1. The Morgan fingerprint density at radius 1 is 1.19 bits per heavy atom. The van der Waals surface area contributed by atoms with Crippen molar-refractivity contribution in [3.8, 4) is 5.75 Å². The van der Waals surface area contributed by atoms with Crippen molar-refractivity contribution in [2.24, 2.45) is 0 Å². The monoisotopic (exact) mass is 393 g/mol. The Bertz CT molecular complexity index is 755. The number of anilines is 1. The summed E-state index contributed by atoms with van der Waals surface area (Å²) >= 11 is 5.93. The zero-order valence-electron chi connectivity index (χ0n) is 14.6. The lowest BCUT2D eigenvalue weighted by Crippen LogP contribution is -2.15. The first kappa shape index (κ1) is 20.4. The van der Waals surface area contributed by atoms with Crippen LogP contribution in [0.2, 0.25) is 5.02 Å². The van der Waals surface area contributed by atoms with Crippen molar-refractivity contribution in [1.29, 1.82) is 0 Å². The number of benzene rings is 1. The number of para-hydroxylation sites is 1. The van der Waals surface area contributed by atoms with E-state index in [0.29, 0.717) is 29.7 Å². The van der Waals surface area contributed by atoms with Crippen molar-refractivity contribution in [1.82, 2.24) is 4.98 Å². The van der Waals surface area contributed by atoms with Gasteiger partial charge in [-0.05, 0) is 37.5 Å². The lowest BCUT2D eigenvalue weighted by molar-refractivity contribution is -0.385. The molecule has 0 saturated carbocycles. The van der Waals surface area contributed by atoms with E-state index in [0.717, 1.165) is 19.3 Å². The number of rotatable bonds is 11. The van der Waals surface area contributed by atoms with E-state index in [1.54, 1.807) is 30.3 Å². The highest BCUT2D eigenvalue weighted by Crippen LogP contribution is 2.22. The van der Waals surface area contributed by atoms with Gasteiger partial charge >= 0.3 is 5.97 Å². The van der Waals surface area contributed by atoms with Crippen LogP contribution < -0.4 is 10.1 Å². The topological polar surface area (TPSA) is 104 Å². The Hall–Kier alpha value is -2.87. The summed E-state index contributed by atoms with van der Waals surface area (Å²) in [5.74, 6) is 0.592. The van der Waals surface area contributed by atoms with E-state index in [1.807, 2.05) is 0 Å². The number of esters is 1. The van der Waals surface area contributed by atoms with Crippen LogP contribution in [-0.2, 0) is 9.53 Å². The van der Waals surface area contributed by atoms with E-state index in [1.165, 1.54) is 12.3 Å². The van der Waals surface area contributed by atoms with Crippen LogP contribution in [0, 0.1) is 10.1 Å². The zero-order chi connectivity index (χ0) is 19.5. The minimum atomic E-state index is -0.489. The lowest BCUT2D eigenvalue weighted by Gasteiger charge is -2.08. The van der Waals surface area contributed by atoms with E-state index < -0.39 is 10.9 Å². The Kier molecular flexibility index (Phi) is 8.31. The molecule has 1 heterocycles. The van der Waals surface area contributed by atoms with Crippen LogP contribution in [-0.4, -0.2) is 35.6 Å². The summed E-state index contributed by atoms with van der Waals surface area (Å²) in [6.45, 7) is 0.811. The van der Waals surface area contributed by atoms with E-state index in [4.69, 9.17) is 21.1 Å². The molecule has 0 aliphatic heterocycles. The molecule has 1 aromatic carbocycles. The highest BCUT2D eigenvalue weighted by molar-refractivity contribution is 6.32. The van der Waals surface area contributed by atoms with Crippen LogP contribution in [0.25, 0.3) is 0 Å². The molecule has 27 heavy (non-hydrogen) atoms. The Morgan fingerprint density at radius 2 is 2.00 bits per heavy atom. The molecule has 9 heteroatoms. The number of carbonyl (C=O) groups is 1. The molecule has 0 spiro atoms. The fourth-order valence-electron chi connectivity index (χ4n) is 2.15. The molecule has 0 aliphatic carbocycles. The molecule has 1 N–H and O–H groups in total. The molecule has 1 aromatic heterocycles. The summed E-state index contributed by atoms with van der Waals surface area (Å²) in [6, 6.07) is 9.89. The molecule has 8 nitrogen and oxygen atoms in total. The second-order valence-corrected chi connectivity index (χ2v) is 5.99. The molecule has 144 valence electrons. The average Bonchev–Trinajstić information content (AvgIpc) is 2.67. The zero-order valence-corrected chi connectivity index (χ0v) is 15.4. The number of ether oxygens (including phenoxy) is 2. The molecule has 2 aromatic rings. The quantitative estimate of drug-likeness (QED) is 0.267. The van der Waals surface area contributed by atoms with E-state index >= 15 is 0 Å². The summed E-state index contributed by atoms with van der Waals surface area (Å²) < 4.78 is 10.4. The van der Waals surface area contributed by atoms with Gasteiger partial charge in [-0.1, -0.05) is 23.7 Å². The molecule has 0 atom stereocenters. The summed E-state index contributed by atoms with van der Waals surface area (Å²) in [4.78, 5) is 25.6. The first-order valence-corrected chi connectivity index (χ1v) is 8.81. The minimum absolute atomic E-state index is 0.0409. The predicted molar refractivity (Wildman–Crippen MR) is 101 cm³/mol. The summed E-state index contributed by atoms with van der Waals surface area (Å²) in [5, 5.41) is 14.1. The lowest BCUT2D eigenvalue weighted by atomic mass is 10.2. The first-order chi connectivity index (χ1) is 13.1. The molecule has 2 rings (SSSR count). The Labute approximate surface area is 161 Å². The van der Waals surface area contributed by atoms with Crippen molar-refractivity contribution < 1.29 is 19.2 Å². The number of hydrogen-bond donors (Lipinski definition) is 1. The second-order valence-electron chi connectivity index (χ2n) is 5.59.